The molecule has 1 N–H and O–H groups in total. The number of aromatic carboxylic acids is 1. The van der Waals surface area contributed by atoms with Crippen molar-refractivity contribution in [3.8, 4) is 0 Å². The molecular formula is C18H15ClGeNO2. The molecule has 0 aliphatic heterocycles. The molecule has 0 bridgehead atoms. The zero-order valence-electron chi connectivity index (χ0n) is 12.3. The molecule has 0 fully saturated rings. The maximum atomic E-state index is 10.2. The fourth-order valence-corrected chi connectivity index (χ4v) is 5.87. The van der Waals surface area contributed by atoms with Crippen molar-refractivity contribution in [2.75, 3.05) is 0 Å². The molecule has 0 saturated carbocycles. The van der Waals surface area contributed by atoms with Crippen molar-refractivity contribution in [2.24, 2.45) is 0 Å². The molecule has 115 valence electrons. The van der Waals surface area contributed by atoms with Gasteiger partial charge >= 0.3 is 98.9 Å². The van der Waals surface area contributed by atoms with Crippen LogP contribution in [0, 0.1) is 0 Å². The Labute approximate surface area is 143 Å². The van der Waals surface area contributed by atoms with E-state index in [9.17, 15) is 4.79 Å². The number of rotatable bonds is 3. The Hall–Kier alpha value is -2.11. The van der Waals surface area contributed by atoms with E-state index in [1.165, 1.54) is 27.3 Å². The van der Waals surface area contributed by atoms with Gasteiger partial charge in [0, 0.05) is 12.4 Å². The molecule has 3 aromatic rings. The van der Waals surface area contributed by atoms with E-state index in [0.29, 0.717) is 0 Å². The molecule has 5 heteroatoms. The molecule has 1 heterocycles. The van der Waals surface area contributed by atoms with E-state index >= 15 is 0 Å². The third-order valence-electron chi connectivity index (χ3n) is 2.96. The first-order chi connectivity index (χ1) is 11.2. The molecule has 3 nitrogen and oxygen atoms in total. The number of nitrogens with zero attached hydrogens (tertiary/aromatic N) is 1. The van der Waals surface area contributed by atoms with E-state index in [2.05, 4.69) is 29.2 Å². The molecule has 0 aliphatic rings. The van der Waals surface area contributed by atoms with Gasteiger partial charge in [-0.25, -0.2) is 4.79 Å². The number of benzene rings is 2. The van der Waals surface area contributed by atoms with Crippen LogP contribution in [0.3, 0.4) is 0 Å². The van der Waals surface area contributed by atoms with Gasteiger partial charge in [0.05, 0.1) is 5.56 Å². The zero-order chi connectivity index (χ0) is 16.5. The SMILES string of the molecule is O=C(O)c1cccnc1.[Cl][Ge]([c]1ccccc1)[c]1ccccc1. The Morgan fingerprint density at radius 3 is 1.74 bits per heavy atom. The second-order valence-corrected chi connectivity index (χ2v) is 10.3. The molecule has 1 aromatic heterocycles. The van der Waals surface area contributed by atoms with E-state index in [-0.39, 0.29) is 5.56 Å². The van der Waals surface area contributed by atoms with Gasteiger partial charge in [-0.15, -0.1) is 0 Å². The number of pyridine rings is 1. The summed E-state index contributed by atoms with van der Waals surface area (Å²) >= 11 is -1.73. The van der Waals surface area contributed by atoms with Gasteiger partial charge in [-0.05, 0) is 12.1 Å². The van der Waals surface area contributed by atoms with Gasteiger partial charge in [-0.1, -0.05) is 0 Å². The molecule has 3 rings (SSSR count). The average Bonchev–Trinajstić information content (AvgIpc) is 2.64. The second-order valence-electron chi connectivity index (χ2n) is 4.59. The molecule has 0 saturated heterocycles. The third-order valence-corrected chi connectivity index (χ3v) is 8.76. The molecule has 2 aromatic carbocycles. The first kappa shape index (κ1) is 17.2. The third kappa shape index (κ3) is 5.54. The molecule has 0 spiro atoms. The first-order valence-corrected chi connectivity index (χ1v) is 11.8. The van der Waals surface area contributed by atoms with Crippen LogP contribution >= 0.6 is 10.0 Å². The van der Waals surface area contributed by atoms with E-state index in [4.69, 9.17) is 15.1 Å². The summed E-state index contributed by atoms with van der Waals surface area (Å²) in [5, 5.41) is 8.34. The maximum absolute atomic E-state index is 10.2. The summed E-state index contributed by atoms with van der Waals surface area (Å²) < 4.78 is 2.61. The molecule has 0 aliphatic carbocycles. The topological polar surface area (TPSA) is 50.2 Å². The summed E-state index contributed by atoms with van der Waals surface area (Å²) in [5.41, 5.74) is 0.220. The fraction of sp³-hybridized carbons (Fsp3) is 0. The van der Waals surface area contributed by atoms with E-state index in [0.717, 1.165) is 0 Å². The summed E-state index contributed by atoms with van der Waals surface area (Å²) in [5.74, 6) is -0.942. The van der Waals surface area contributed by atoms with Crippen LogP contribution in [0.25, 0.3) is 0 Å². The van der Waals surface area contributed by atoms with Crippen LogP contribution in [-0.4, -0.2) is 29.5 Å². The van der Waals surface area contributed by atoms with Gasteiger partial charge in [-0.3, -0.25) is 4.98 Å². The van der Waals surface area contributed by atoms with E-state index in [1.807, 2.05) is 36.4 Å². The summed E-state index contributed by atoms with van der Waals surface area (Å²) in [6.45, 7) is 0. The van der Waals surface area contributed by atoms with Crippen molar-refractivity contribution in [1.82, 2.24) is 4.98 Å². The molecule has 0 unspecified atom stereocenters. The van der Waals surface area contributed by atoms with Crippen LogP contribution < -0.4 is 8.79 Å². The van der Waals surface area contributed by atoms with Crippen molar-refractivity contribution >= 4 is 38.2 Å². The van der Waals surface area contributed by atoms with Crippen LogP contribution in [0.2, 0.25) is 0 Å². The number of aromatic nitrogens is 1. The predicted octanol–water partition coefficient (Wildman–Crippen LogP) is 2.81. The number of hydrogen-bond donors (Lipinski definition) is 1. The van der Waals surface area contributed by atoms with Gasteiger partial charge in [-0.2, -0.15) is 0 Å². The van der Waals surface area contributed by atoms with Crippen LogP contribution in [0.1, 0.15) is 10.4 Å². The van der Waals surface area contributed by atoms with Gasteiger partial charge in [0.25, 0.3) is 0 Å². The van der Waals surface area contributed by atoms with Crippen LogP contribution in [0.15, 0.2) is 85.2 Å². The Morgan fingerprint density at radius 2 is 1.39 bits per heavy atom. The van der Waals surface area contributed by atoms with Crippen molar-refractivity contribution in [3.05, 3.63) is 90.8 Å². The summed E-state index contributed by atoms with van der Waals surface area (Å²) in [6, 6.07) is 23.8. The fourth-order valence-electron chi connectivity index (χ4n) is 1.82. The molecule has 1 radical (unpaired) electrons. The Kier molecular flexibility index (Phi) is 6.84. The first-order valence-electron chi connectivity index (χ1n) is 6.95. The monoisotopic (exact) mass is 386 g/mol. The van der Waals surface area contributed by atoms with Crippen molar-refractivity contribution in [2.45, 2.75) is 0 Å². The Bertz CT molecular complexity index is 684. The number of hydrogen-bond acceptors (Lipinski definition) is 2. The zero-order valence-corrected chi connectivity index (χ0v) is 15.1. The van der Waals surface area contributed by atoms with E-state index < -0.39 is 19.4 Å². The number of carbonyl (C=O) groups is 1. The van der Waals surface area contributed by atoms with Crippen molar-refractivity contribution < 1.29 is 9.90 Å². The minimum atomic E-state index is -1.73. The van der Waals surface area contributed by atoms with Crippen molar-refractivity contribution in [1.29, 1.82) is 0 Å². The number of carboxylic acids is 1. The second kappa shape index (κ2) is 9.13. The number of carboxylic acid groups (broad SMARTS) is 1. The Balaban J connectivity index is 0.000000185. The van der Waals surface area contributed by atoms with Gasteiger partial charge in [0.1, 0.15) is 0 Å². The van der Waals surface area contributed by atoms with Crippen LogP contribution in [0.5, 0.6) is 0 Å². The molecule has 23 heavy (non-hydrogen) atoms. The molecular weight excluding hydrogens is 370 g/mol. The summed E-state index contributed by atoms with van der Waals surface area (Å²) in [6.07, 6.45) is 2.84. The van der Waals surface area contributed by atoms with Gasteiger partial charge < -0.3 is 5.11 Å². The van der Waals surface area contributed by atoms with Crippen LogP contribution in [0.4, 0.5) is 0 Å². The molecule has 0 atom stereocenters. The Morgan fingerprint density at radius 1 is 0.870 bits per heavy atom. The summed E-state index contributed by atoms with van der Waals surface area (Å²) in [4.78, 5) is 13.8. The summed E-state index contributed by atoms with van der Waals surface area (Å²) in [7, 11) is 6.50. The quantitative estimate of drug-likeness (QED) is 0.706. The average molecular weight is 385 g/mol. The van der Waals surface area contributed by atoms with Crippen LogP contribution in [-0.2, 0) is 0 Å². The number of halogens is 1. The minimum absolute atomic E-state index is 0.220. The predicted molar refractivity (Wildman–Crippen MR) is 95.0 cm³/mol. The van der Waals surface area contributed by atoms with E-state index in [1.54, 1.807) is 6.07 Å². The molecule has 0 amide bonds. The van der Waals surface area contributed by atoms with Crippen molar-refractivity contribution in [3.63, 3.8) is 0 Å². The van der Waals surface area contributed by atoms with Gasteiger partial charge in [0.15, 0.2) is 0 Å². The standard InChI is InChI=1S/C12H10ClGe.C6H5NO2/c13-14(11-7-3-1-4-8-11)12-9-5-2-6-10-12;8-6(9)5-2-1-3-7-4-5/h1-10H;1-4H,(H,8,9). The van der Waals surface area contributed by atoms with Gasteiger partial charge in [0.2, 0.25) is 0 Å². The normalized spacial score (nSPS) is 9.83.